The minimum Gasteiger partial charge on any atom is -0.484 e. The smallest absolute Gasteiger partial charge is 0.422 e. The predicted octanol–water partition coefficient (Wildman–Crippen LogP) is 1.88. The van der Waals surface area contributed by atoms with Gasteiger partial charge in [0.2, 0.25) is 5.91 Å². The van der Waals surface area contributed by atoms with Crippen molar-refractivity contribution in [3.8, 4) is 5.75 Å². The molecule has 26 heavy (non-hydrogen) atoms. The number of aromatic nitrogens is 2. The molecule has 0 aliphatic heterocycles. The average molecular weight is 371 g/mol. The minimum absolute atomic E-state index is 0.0116. The molecule has 0 radical (unpaired) electrons. The van der Waals surface area contributed by atoms with Gasteiger partial charge in [-0.25, -0.2) is 4.79 Å². The van der Waals surface area contributed by atoms with Gasteiger partial charge in [0, 0.05) is 23.4 Å². The summed E-state index contributed by atoms with van der Waals surface area (Å²) in [7, 11) is 0. The Hall–Kier alpha value is -3.04. The largest absolute Gasteiger partial charge is 0.484 e. The Bertz CT molecular complexity index is 885. The maximum absolute atomic E-state index is 12.1. The predicted molar refractivity (Wildman–Crippen MR) is 87.4 cm³/mol. The first kappa shape index (κ1) is 19.3. The van der Waals surface area contributed by atoms with E-state index in [0.717, 1.165) is 0 Å². The second-order valence-corrected chi connectivity index (χ2v) is 5.49. The van der Waals surface area contributed by atoms with Crippen molar-refractivity contribution in [3.05, 3.63) is 56.4 Å². The summed E-state index contributed by atoms with van der Waals surface area (Å²) >= 11 is 0. The number of carbonyl (C=O) groups excluding carboxylic acids is 1. The number of nitrogens with one attached hydrogen (secondary N) is 3. The van der Waals surface area contributed by atoms with Crippen molar-refractivity contribution in [1.29, 1.82) is 0 Å². The molecule has 0 saturated heterocycles. The Morgan fingerprint density at radius 2 is 1.81 bits per heavy atom. The van der Waals surface area contributed by atoms with E-state index in [1.807, 2.05) is 0 Å². The SMILES string of the molecule is Cc1[nH]c(=O)[nH]c(=O)c1CCC(=O)Nc1ccc(OCC(F)(F)F)cc1. The zero-order valence-corrected chi connectivity index (χ0v) is 13.7. The molecule has 1 amide bonds. The molecule has 0 aliphatic rings. The van der Waals surface area contributed by atoms with Crippen molar-refractivity contribution in [2.45, 2.75) is 25.9 Å². The number of carbonyl (C=O) groups is 1. The van der Waals surface area contributed by atoms with Crippen molar-refractivity contribution >= 4 is 11.6 Å². The third-order valence-corrected chi connectivity index (χ3v) is 3.40. The van der Waals surface area contributed by atoms with E-state index in [1.54, 1.807) is 6.92 Å². The van der Waals surface area contributed by atoms with Gasteiger partial charge in [-0.3, -0.25) is 14.6 Å². The fourth-order valence-electron chi connectivity index (χ4n) is 2.19. The third kappa shape index (κ3) is 5.80. The van der Waals surface area contributed by atoms with Crippen LogP contribution in [0.2, 0.25) is 0 Å². The normalized spacial score (nSPS) is 11.2. The van der Waals surface area contributed by atoms with E-state index >= 15 is 0 Å². The van der Waals surface area contributed by atoms with Crippen LogP contribution in [0.5, 0.6) is 5.75 Å². The van der Waals surface area contributed by atoms with Crippen LogP contribution < -0.4 is 21.3 Å². The second-order valence-electron chi connectivity index (χ2n) is 5.49. The molecule has 7 nitrogen and oxygen atoms in total. The molecule has 0 aliphatic carbocycles. The van der Waals surface area contributed by atoms with E-state index in [9.17, 15) is 27.6 Å². The summed E-state index contributed by atoms with van der Waals surface area (Å²) < 4.78 is 40.8. The van der Waals surface area contributed by atoms with Gasteiger partial charge < -0.3 is 15.0 Å². The molecule has 0 bridgehead atoms. The van der Waals surface area contributed by atoms with E-state index in [-0.39, 0.29) is 24.5 Å². The fourth-order valence-corrected chi connectivity index (χ4v) is 2.19. The van der Waals surface area contributed by atoms with E-state index in [2.05, 4.69) is 20.0 Å². The number of amides is 1. The van der Waals surface area contributed by atoms with Gasteiger partial charge in [-0.1, -0.05) is 0 Å². The summed E-state index contributed by atoms with van der Waals surface area (Å²) in [4.78, 5) is 39.3. The lowest BCUT2D eigenvalue weighted by Gasteiger charge is -2.10. The maximum atomic E-state index is 12.1. The van der Waals surface area contributed by atoms with Crippen LogP contribution in [0.15, 0.2) is 33.9 Å². The molecular formula is C16H16F3N3O4. The highest BCUT2D eigenvalue weighted by Crippen LogP contribution is 2.20. The van der Waals surface area contributed by atoms with E-state index in [1.165, 1.54) is 24.3 Å². The molecule has 0 atom stereocenters. The highest BCUT2D eigenvalue weighted by molar-refractivity contribution is 5.90. The fraction of sp³-hybridized carbons (Fsp3) is 0.312. The third-order valence-electron chi connectivity index (χ3n) is 3.40. The first-order valence-electron chi connectivity index (χ1n) is 7.55. The topological polar surface area (TPSA) is 104 Å². The molecule has 140 valence electrons. The van der Waals surface area contributed by atoms with Gasteiger partial charge in [-0.15, -0.1) is 0 Å². The van der Waals surface area contributed by atoms with Crippen molar-refractivity contribution in [2.24, 2.45) is 0 Å². The number of hydrogen-bond acceptors (Lipinski definition) is 4. The molecule has 3 N–H and O–H groups in total. The zero-order chi connectivity index (χ0) is 19.3. The van der Waals surface area contributed by atoms with Crippen LogP contribution in [0.1, 0.15) is 17.7 Å². The van der Waals surface area contributed by atoms with Gasteiger partial charge in [-0.05, 0) is 37.6 Å². The van der Waals surface area contributed by atoms with Crippen molar-refractivity contribution in [1.82, 2.24) is 9.97 Å². The van der Waals surface area contributed by atoms with Gasteiger partial charge in [-0.2, -0.15) is 13.2 Å². The molecule has 2 rings (SSSR count). The Labute approximate surface area is 145 Å². The molecule has 0 saturated carbocycles. The Kier molecular flexibility index (Phi) is 5.86. The van der Waals surface area contributed by atoms with Crippen LogP contribution >= 0.6 is 0 Å². The second kappa shape index (κ2) is 7.89. The Morgan fingerprint density at radius 1 is 1.15 bits per heavy atom. The Balaban J connectivity index is 1.90. The van der Waals surface area contributed by atoms with Crippen LogP contribution in [0, 0.1) is 6.92 Å². The number of hydrogen-bond donors (Lipinski definition) is 3. The molecule has 1 aromatic heterocycles. The minimum atomic E-state index is -4.43. The molecule has 0 unspecified atom stereocenters. The molecule has 2 aromatic rings. The van der Waals surface area contributed by atoms with Gasteiger partial charge in [0.05, 0.1) is 0 Å². The van der Waals surface area contributed by atoms with E-state index < -0.39 is 24.0 Å². The van der Waals surface area contributed by atoms with Crippen LogP contribution in [0.25, 0.3) is 0 Å². The lowest BCUT2D eigenvalue weighted by atomic mass is 10.1. The first-order chi connectivity index (χ1) is 12.1. The van der Waals surface area contributed by atoms with Crippen molar-refractivity contribution < 1.29 is 22.7 Å². The monoisotopic (exact) mass is 371 g/mol. The van der Waals surface area contributed by atoms with Crippen LogP contribution in [-0.4, -0.2) is 28.7 Å². The summed E-state index contributed by atoms with van der Waals surface area (Å²) in [6.07, 6.45) is -4.32. The van der Waals surface area contributed by atoms with Crippen LogP contribution in [-0.2, 0) is 11.2 Å². The molecule has 0 spiro atoms. The standard InChI is InChI=1S/C16H16F3N3O4/c1-9-12(14(24)22-15(25)20-9)6-7-13(23)21-10-2-4-11(5-3-10)26-8-16(17,18)19/h2-5H,6-8H2,1H3,(H,21,23)(H2,20,22,24,25). The van der Waals surface area contributed by atoms with Crippen LogP contribution in [0.3, 0.4) is 0 Å². The molecule has 1 aromatic carbocycles. The number of halogens is 3. The van der Waals surface area contributed by atoms with E-state index in [4.69, 9.17) is 0 Å². The average Bonchev–Trinajstić information content (AvgIpc) is 2.52. The number of anilines is 1. The summed E-state index contributed by atoms with van der Waals surface area (Å²) in [5.41, 5.74) is -0.103. The quantitative estimate of drug-likeness (QED) is 0.721. The van der Waals surface area contributed by atoms with E-state index in [0.29, 0.717) is 16.9 Å². The zero-order valence-electron chi connectivity index (χ0n) is 13.7. The molecule has 0 fully saturated rings. The number of alkyl halides is 3. The number of benzene rings is 1. The van der Waals surface area contributed by atoms with Gasteiger partial charge >= 0.3 is 11.9 Å². The number of rotatable bonds is 6. The van der Waals surface area contributed by atoms with Gasteiger partial charge in [0.15, 0.2) is 6.61 Å². The first-order valence-corrected chi connectivity index (χ1v) is 7.55. The lowest BCUT2D eigenvalue weighted by Crippen LogP contribution is -2.27. The van der Waals surface area contributed by atoms with Crippen LogP contribution in [0.4, 0.5) is 18.9 Å². The number of ether oxygens (including phenoxy) is 1. The lowest BCUT2D eigenvalue weighted by molar-refractivity contribution is -0.153. The van der Waals surface area contributed by atoms with Gasteiger partial charge in [0.1, 0.15) is 5.75 Å². The van der Waals surface area contributed by atoms with Gasteiger partial charge in [0.25, 0.3) is 5.56 Å². The summed E-state index contributed by atoms with van der Waals surface area (Å²) in [6.45, 7) is 0.162. The molecule has 10 heteroatoms. The maximum Gasteiger partial charge on any atom is 0.422 e. The molecule has 1 heterocycles. The molecular weight excluding hydrogens is 355 g/mol. The Morgan fingerprint density at radius 3 is 2.38 bits per heavy atom. The van der Waals surface area contributed by atoms with Crippen molar-refractivity contribution in [2.75, 3.05) is 11.9 Å². The summed E-state index contributed by atoms with van der Waals surface area (Å²) in [5.74, 6) is -0.366. The highest BCUT2D eigenvalue weighted by Gasteiger charge is 2.28. The summed E-state index contributed by atoms with van der Waals surface area (Å²) in [5, 5.41) is 2.56. The highest BCUT2D eigenvalue weighted by atomic mass is 19.4. The summed E-state index contributed by atoms with van der Waals surface area (Å²) in [6, 6.07) is 5.42. The number of aryl methyl sites for hydroxylation is 1. The number of H-pyrrole nitrogens is 2. The van der Waals surface area contributed by atoms with Crippen molar-refractivity contribution in [3.63, 3.8) is 0 Å². The number of aromatic amines is 2.